The Bertz CT molecular complexity index is 609. The Kier molecular flexibility index (Phi) is 4.56. The first kappa shape index (κ1) is 14.8. The largest absolute Gasteiger partial charge is 0.357 e. The summed E-state index contributed by atoms with van der Waals surface area (Å²) in [6, 6.07) is 10.1. The minimum Gasteiger partial charge on any atom is -0.357 e. The lowest BCUT2D eigenvalue weighted by atomic mass is 9.93. The van der Waals surface area contributed by atoms with Gasteiger partial charge in [0.1, 0.15) is 11.7 Å². The van der Waals surface area contributed by atoms with Crippen molar-refractivity contribution in [1.82, 2.24) is 14.5 Å². The fourth-order valence-electron chi connectivity index (χ4n) is 3.19. The molecule has 0 bridgehead atoms. The van der Waals surface area contributed by atoms with E-state index in [2.05, 4.69) is 27.6 Å². The maximum atomic E-state index is 8.35. The number of imidazole rings is 1. The van der Waals surface area contributed by atoms with Crippen LogP contribution in [0.2, 0.25) is 0 Å². The van der Waals surface area contributed by atoms with Gasteiger partial charge in [-0.1, -0.05) is 30.3 Å². The second-order valence-electron chi connectivity index (χ2n) is 6.10. The van der Waals surface area contributed by atoms with Gasteiger partial charge in [-0.2, -0.15) is 0 Å². The number of nitrogens with one attached hydrogen (secondary N) is 1. The molecular formula is C18H24N4. The maximum Gasteiger partial charge on any atom is 0.128 e. The lowest BCUT2D eigenvalue weighted by molar-refractivity contribution is 0.248. The number of piperidine rings is 1. The van der Waals surface area contributed by atoms with E-state index in [-0.39, 0.29) is 0 Å². The first-order chi connectivity index (χ1) is 10.7. The van der Waals surface area contributed by atoms with Crippen LogP contribution in [0.3, 0.4) is 0 Å². The molecule has 4 heteroatoms. The lowest BCUT2D eigenvalue weighted by Crippen LogP contribution is -2.38. The predicted octanol–water partition coefficient (Wildman–Crippen LogP) is 3.32. The third-order valence-corrected chi connectivity index (χ3v) is 4.68. The summed E-state index contributed by atoms with van der Waals surface area (Å²) in [5, 5.41) is 8.35. The molecule has 0 atom stereocenters. The Morgan fingerprint density at radius 3 is 2.59 bits per heavy atom. The van der Waals surface area contributed by atoms with E-state index in [1.165, 1.54) is 19.3 Å². The minimum absolute atomic E-state index is 0.671. The average Bonchev–Trinajstić information content (AvgIpc) is 2.99. The van der Waals surface area contributed by atoms with Gasteiger partial charge < -0.3 is 9.47 Å². The van der Waals surface area contributed by atoms with Gasteiger partial charge in [-0.15, -0.1) is 0 Å². The zero-order valence-corrected chi connectivity index (χ0v) is 13.2. The molecular weight excluding hydrogens is 272 g/mol. The molecule has 116 valence electrons. The fourth-order valence-corrected chi connectivity index (χ4v) is 3.19. The van der Waals surface area contributed by atoms with Crippen LogP contribution in [-0.4, -0.2) is 33.4 Å². The molecule has 1 aromatic carbocycles. The van der Waals surface area contributed by atoms with E-state index in [1.807, 2.05) is 36.5 Å². The molecule has 1 aliphatic heterocycles. The van der Waals surface area contributed by atoms with Gasteiger partial charge in [0.05, 0.1) is 0 Å². The molecule has 1 saturated heterocycles. The zero-order chi connectivity index (χ0) is 15.4. The second kappa shape index (κ2) is 6.77. The molecule has 1 aliphatic rings. The van der Waals surface area contributed by atoms with Gasteiger partial charge in [0, 0.05) is 37.6 Å². The second-order valence-corrected chi connectivity index (χ2v) is 6.10. The van der Waals surface area contributed by atoms with E-state index in [0.717, 1.165) is 36.9 Å². The smallest absolute Gasteiger partial charge is 0.128 e. The predicted molar refractivity (Wildman–Crippen MR) is 89.1 cm³/mol. The van der Waals surface area contributed by atoms with E-state index < -0.39 is 0 Å². The average molecular weight is 296 g/mol. The number of likely N-dealkylation sites (tertiary alicyclic amines) is 1. The number of aromatic nitrogens is 2. The van der Waals surface area contributed by atoms with Crippen molar-refractivity contribution in [2.45, 2.75) is 32.7 Å². The molecule has 0 unspecified atom stereocenters. The molecule has 0 spiro atoms. The highest BCUT2D eigenvalue weighted by Crippen LogP contribution is 2.22. The third kappa shape index (κ3) is 3.38. The number of benzene rings is 1. The molecule has 0 saturated carbocycles. The monoisotopic (exact) mass is 296 g/mol. The van der Waals surface area contributed by atoms with Crippen molar-refractivity contribution < 1.29 is 0 Å². The SMILES string of the molecule is Cc1nccn1CCC1CCN(C(=N)c2ccccc2)CC1. The van der Waals surface area contributed by atoms with Gasteiger partial charge in [0.25, 0.3) is 0 Å². The normalized spacial score (nSPS) is 16.0. The number of rotatable bonds is 4. The molecule has 3 rings (SSSR count). The molecule has 1 aromatic heterocycles. The summed E-state index contributed by atoms with van der Waals surface area (Å²) >= 11 is 0. The molecule has 0 amide bonds. The highest BCUT2D eigenvalue weighted by Gasteiger charge is 2.21. The summed E-state index contributed by atoms with van der Waals surface area (Å²) in [6.45, 7) is 5.12. The van der Waals surface area contributed by atoms with Crippen LogP contribution in [-0.2, 0) is 6.54 Å². The number of hydrogen-bond acceptors (Lipinski definition) is 2. The van der Waals surface area contributed by atoms with Gasteiger partial charge >= 0.3 is 0 Å². The number of aryl methyl sites for hydroxylation is 2. The highest BCUT2D eigenvalue weighted by molar-refractivity contribution is 5.96. The highest BCUT2D eigenvalue weighted by atomic mass is 15.2. The minimum atomic E-state index is 0.671. The zero-order valence-electron chi connectivity index (χ0n) is 13.2. The summed E-state index contributed by atoms with van der Waals surface area (Å²) in [7, 11) is 0. The Labute approximate surface area is 132 Å². The Hall–Kier alpha value is -2.10. The maximum absolute atomic E-state index is 8.35. The van der Waals surface area contributed by atoms with Crippen molar-refractivity contribution in [3.63, 3.8) is 0 Å². The lowest BCUT2D eigenvalue weighted by Gasteiger charge is -2.33. The number of hydrogen-bond donors (Lipinski definition) is 1. The van der Waals surface area contributed by atoms with Crippen LogP contribution in [0.15, 0.2) is 42.7 Å². The molecule has 2 aromatic rings. The topological polar surface area (TPSA) is 44.9 Å². The van der Waals surface area contributed by atoms with Crippen LogP contribution in [0.4, 0.5) is 0 Å². The number of amidine groups is 1. The Morgan fingerprint density at radius 1 is 1.23 bits per heavy atom. The van der Waals surface area contributed by atoms with E-state index in [9.17, 15) is 0 Å². The van der Waals surface area contributed by atoms with Gasteiger partial charge in [0.2, 0.25) is 0 Å². The van der Waals surface area contributed by atoms with Crippen molar-refractivity contribution >= 4 is 5.84 Å². The summed E-state index contributed by atoms with van der Waals surface area (Å²) in [5.74, 6) is 2.54. The van der Waals surface area contributed by atoms with Crippen molar-refractivity contribution in [2.75, 3.05) is 13.1 Å². The van der Waals surface area contributed by atoms with Crippen LogP contribution in [0.5, 0.6) is 0 Å². The van der Waals surface area contributed by atoms with Crippen molar-refractivity contribution in [3.05, 3.63) is 54.1 Å². The van der Waals surface area contributed by atoms with E-state index in [4.69, 9.17) is 5.41 Å². The van der Waals surface area contributed by atoms with E-state index in [0.29, 0.717) is 5.84 Å². The first-order valence-electron chi connectivity index (χ1n) is 8.10. The molecule has 1 fully saturated rings. The standard InChI is InChI=1S/C18H24N4/c1-15-20-10-14-21(15)11-7-16-8-12-22(13-9-16)18(19)17-5-3-2-4-6-17/h2-6,10,14,16,19H,7-9,11-13H2,1H3. The van der Waals surface area contributed by atoms with Crippen LogP contribution < -0.4 is 0 Å². The molecule has 1 N–H and O–H groups in total. The van der Waals surface area contributed by atoms with Gasteiger partial charge in [-0.25, -0.2) is 4.98 Å². The summed E-state index contributed by atoms with van der Waals surface area (Å²) in [6.07, 6.45) is 7.52. The third-order valence-electron chi connectivity index (χ3n) is 4.68. The van der Waals surface area contributed by atoms with E-state index >= 15 is 0 Å². The van der Waals surface area contributed by atoms with Crippen LogP contribution in [0, 0.1) is 18.3 Å². The number of nitrogens with zero attached hydrogens (tertiary/aromatic N) is 3. The molecule has 2 heterocycles. The van der Waals surface area contributed by atoms with Gasteiger partial charge in [0.15, 0.2) is 0 Å². The van der Waals surface area contributed by atoms with Crippen molar-refractivity contribution in [1.29, 1.82) is 5.41 Å². The van der Waals surface area contributed by atoms with E-state index in [1.54, 1.807) is 0 Å². The summed E-state index contributed by atoms with van der Waals surface area (Å²) in [4.78, 5) is 6.49. The van der Waals surface area contributed by atoms with Gasteiger partial charge in [-0.3, -0.25) is 5.41 Å². The molecule has 4 nitrogen and oxygen atoms in total. The van der Waals surface area contributed by atoms with Crippen LogP contribution in [0.1, 0.15) is 30.7 Å². The Balaban J connectivity index is 1.48. The Morgan fingerprint density at radius 2 is 1.95 bits per heavy atom. The molecule has 0 aliphatic carbocycles. The van der Waals surface area contributed by atoms with Crippen molar-refractivity contribution in [2.24, 2.45) is 5.92 Å². The first-order valence-corrected chi connectivity index (χ1v) is 8.10. The fraction of sp³-hybridized carbons (Fsp3) is 0.444. The molecule has 0 radical (unpaired) electrons. The summed E-state index contributed by atoms with van der Waals surface area (Å²) < 4.78 is 2.23. The summed E-state index contributed by atoms with van der Waals surface area (Å²) in [5.41, 5.74) is 1.02. The van der Waals surface area contributed by atoms with Crippen LogP contribution in [0.25, 0.3) is 0 Å². The quantitative estimate of drug-likeness (QED) is 0.695. The molecule has 22 heavy (non-hydrogen) atoms. The van der Waals surface area contributed by atoms with Crippen molar-refractivity contribution in [3.8, 4) is 0 Å². The van der Waals surface area contributed by atoms with Gasteiger partial charge in [-0.05, 0) is 32.1 Å². The van der Waals surface area contributed by atoms with Crippen LogP contribution >= 0.6 is 0 Å².